The van der Waals surface area contributed by atoms with Gasteiger partial charge in [0, 0.05) is 36.0 Å². The van der Waals surface area contributed by atoms with Gasteiger partial charge in [0.2, 0.25) is 5.90 Å². The highest BCUT2D eigenvalue weighted by molar-refractivity contribution is 9.10. The molecular formula is C40H35BrF3N3O4. The minimum Gasteiger partial charge on any atom is -0.494 e. The lowest BCUT2D eigenvalue weighted by Crippen LogP contribution is -2.53. The molecule has 0 radical (unpaired) electrons. The maximum atomic E-state index is 14.5. The lowest BCUT2D eigenvalue weighted by atomic mass is 9.82. The summed E-state index contributed by atoms with van der Waals surface area (Å²) < 4.78 is 52.5. The first-order valence-electron chi connectivity index (χ1n) is 16.3. The van der Waals surface area contributed by atoms with Crippen molar-refractivity contribution in [1.82, 2.24) is 10.9 Å². The number of hydrazine groups is 1. The number of amides is 1. The van der Waals surface area contributed by atoms with Crippen LogP contribution in [0.4, 0.5) is 13.2 Å². The van der Waals surface area contributed by atoms with Crippen LogP contribution in [0.25, 0.3) is 11.1 Å². The molecular weight excluding hydrogens is 723 g/mol. The zero-order chi connectivity index (χ0) is 35.8. The van der Waals surface area contributed by atoms with Crippen LogP contribution in [-0.2, 0) is 28.7 Å². The number of nitrogens with zero attached hydrogens (tertiary/aromatic N) is 1. The molecule has 0 spiro atoms. The summed E-state index contributed by atoms with van der Waals surface area (Å²) in [6, 6.07) is 37.3. The molecule has 262 valence electrons. The van der Waals surface area contributed by atoms with E-state index in [1.54, 1.807) is 24.3 Å². The second-order valence-electron chi connectivity index (χ2n) is 12.1. The predicted molar refractivity (Wildman–Crippen MR) is 193 cm³/mol. The fourth-order valence-electron chi connectivity index (χ4n) is 5.82. The first kappa shape index (κ1) is 35.8. The smallest absolute Gasteiger partial charge is 0.416 e. The van der Waals surface area contributed by atoms with Gasteiger partial charge in [-0.2, -0.15) is 13.2 Å². The van der Waals surface area contributed by atoms with Gasteiger partial charge in [-0.1, -0.05) is 94.8 Å². The maximum absolute atomic E-state index is 14.5. The highest BCUT2D eigenvalue weighted by Gasteiger charge is 2.53. The molecule has 1 aliphatic heterocycles. The third kappa shape index (κ3) is 8.68. The maximum Gasteiger partial charge on any atom is 0.416 e. The van der Waals surface area contributed by atoms with Crippen molar-refractivity contribution < 1.29 is 32.5 Å². The zero-order valence-electron chi connectivity index (χ0n) is 27.4. The molecule has 0 fully saturated rings. The first-order valence-corrected chi connectivity index (χ1v) is 17.1. The van der Waals surface area contributed by atoms with Crippen LogP contribution in [0, 0.1) is 0 Å². The minimum atomic E-state index is -4.45. The molecule has 7 nitrogen and oxygen atoms in total. The largest absolute Gasteiger partial charge is 0.494 e. The van der Waals surface area contributed by atoms with Crippen LogP contribution in [0.5, 0.6) is 5.75 Å². The Morgan fingerprint density at radius 1 is 0.824 bits per heavy atom. The third-order valence-corrected chi connectivity index (χ3v) is 9.04. The third-order valence-electron chi connectivity index (χ3n) is 8.51. The van der Waals surface area contributed by atoms with Crippen molar-refractivity contribution >= 4 is 27.7 Å². The van der Waals surface area contributed by atoms with E-state index in [0.717, 1.165) is 38.9 Å². The molecule has 3 N–H and O–H groups in total. The molecule has 0 aromatic heterocycles. The minimum absolute atomic E-state index is 0.0259. The zero-order valence-corrected chi connectivity index (χ0v) is 29.0. The number of hydrogen-bond acceptors (Lipinski definition) is 6. The van der Waals surface area contributed by atoms with Gasteiger partial charge < -0.3 is 14.6 Å². The lowest BCUT2D eigenvalue weighted by molar-refractivity contribution is -0.137. The molecule has 2 atom stereocenters. The Kier molecular flexibility index (Phi) is 11.2. The van der Waals surface area contributed by atoms with Crippen LogP contribution >= 0.6 is 15.9 Å². The predicted octanol–water partition coefficient (Wildman–Crippen LogP) is 8.22. The molecule has 0 saturated heterocycles. The summed E-state index contributed by atoms with van der Waals surface area (Å²) in [5, 5.41) is 9.10. The highest BCUT2D eigenvalue weighted by Crippen LogP contribution is 2.43. The Bertz CT molecular complexity index is 1940. The van der Waals surface area contributed by atoms with E-state index in [4.69, 9.17) is 19.6 Å². The van der Waals surface area contributed by atoms with Gasteiger partial charge in [0.05, 0.1) is 12.2 Å². The normalized spacial score (nSPS) is 17.0. The molecule has 51 heavy (non-hydrogen) atoms. The first-order chi connectivity index (χ1) is 24.6. The number of halogens is 4. The van der Waals surface area contributed by atoms with E-state index in [-0.39, 0.29) is 25.5 Å². The van der Waals surface area contributed by atoms with E-state index in [9.17, 15) is 18.0 Å². The Morgan fingerprint density at radius 2 is 1.45 bits per heavy atom. The lowest BCUT2D eigenvalue weighted by Gasteiger charge is -2.31. The molecule has 0 saturated carbocycles. The number of aliphatic imine (C=N–C) groups is 1. The van der Waals surface area contributed by atoms with Crippen molar-refractivity contribution in [3.8, 4) is 16.9 Å². The Hall–Kier alpha value is -4.97. The molecule has 0 aliphatic carbocycles. The van der Waals surface area contributed by atoms with E-state index in [1.165, 1.54) is 12.1 Å². The van der Waals surface area contributed by atoms with E-state index >= 15 is 0 Å². The van der Waals surface area contributed by atoms with Gasteiger partial charge in [-0.3, -0.25) is 10.2 Å². The van der Waals surface area contributed by atoms with Crippen LogP contribution in [0.2, 0.25) is 0 Å². The molecule has 5 aromatic carbocycles. The fraction of sp³-hybridized carbons (Fsp3) is 0.200. The summed E-state index contributed by atoms with van der Waals surface area (Å²) in [6.45, 7) is 0.465. The molecule has 11 heteroatoms. The quantitative estimate of drug-likeness (QED) is 0.0832. The van der Waals surface area contributed by atoms with Gasteiger partial charge in [0.1, 0.15) is 5.75 Å². The highest BCUT2D eigenvalue weighted by atomic mass is 79.9. The number of ether oxygens (including phenoxy) is 2. The van der Waals surface area contributed by atoms with Crippen LogP contribution in [0.15, 0.2) is 137 Å². The molecule has 5 aromatic rings. The van der Waals surface area contributed by atoms with Crippen molar-refractivity contribution in [1.29, 1.82) is 0 Å². The molecule has 0 bridgehead atoms. The van der Waals surface area contributed by atoms with Crippen molar-refractivity contribution in [2.24, 2.45) is 4.99 Å². The van der Waals surface area contributed by atoms with Crippen LogP contribution in [-0.4, -0.2) is 35.7 Å². The molecule has 6 rings (SSSR count). The van der Waals surface area contributed by atoms with Crippen molar-refractivity contribution in [3.63, 3.8) is 0 Å². The number of benzene rings is 5. The van der Waals surface area contributed by atoms with Crippen LogP contribution in [0.1, 0.15) is 40.3 Å². The Labute approximate surface area is 302 Å². The van der Waals surface area contributed by atoms with Crippen molar-refractivity contribution in [2.45, 2.75) is 37.2 Å². The standard InChI is InChI=1S/C40H35BrF3N3O4/c41-34-19-9-27(10-20-34)25-39(38(49)47-45-26-28-7-17-33(18-8-28)40(42,43)44)36(31-13-11-30(12-14-31)29-5-2-1-3-6-29)51-37(46-39)32-15-21-35(22-16-32)50-24-4-23-48/h1-3,5-22,36,45,48H,4,23-26H2,(H,47,49)/t36-,39-/m0/s1. The van der Waals surface area contributed by atoms with Gasteiger partial charge in [-0.05, 0) is 76.3 Å². The number of alkyl halides is 3. The second-order valence-corrected chi connectivity index (χ2v) is 13.0. The van der Waals surface area contributed by atoms with E-state index in [0.29, 0.717) is 29.9 Å². The van der Waals surface area contributed by atoms with Gasteiger partial charge >= 0.3 is 6.18 Å². The molecule has 1 heterocycles. The summed E-state index contributed by atoms with van der Waals surface area (Å²) in [5.41, 5.74) is 8.23. The van der Waals surface area contributed by atoms with E-state index < -0.39 is 29.3 Å². The summed E-state index contributed by atoms with van der Waals surface area (Å²) in [4.78, 5) is 19.6. The van der Waals surface area contributed by atoms with E-state index in [1.807, 2.05) is 78.9 Å². The monoisotopic (exact) mass is 757 g/mol. The van der Waals surface area contributed by atoms with Gasteiger partial charge in [-0.15, -0.1) is 0 Å². The SMILES string of the molecule is O=C(NNCc1ccc(C(F)(F)F)cc1)[C@@]1(Cc2ccc(Br)cc2)N=C(c2ccc(OCCCO)cc2)O[C@H]1c1ccc(-c2ccccc2)cc1. The number of hydrogen-bond donors (Lipinski definition) is 3. The van der Waals surface area contributed by atoms with Gasteiger partial charge in [-0.25, -0.2) is 10.4 Å². The van der Waals surface area contributed by atoms with Crippen molar-refractivity contribution in [3.05, 3.63) is 160 Å². The Morgan fingerprint density at radius 3 is 2.10 bits per heavy atom. The van der Waals surface area contributed by atoms with Crippen LogP contribution in [0.3, 0.4) is 0 Å². The summed E-state index contributed by atoms with van der Waals surface area (Å²) in [5.74, 6) is 0.405. The van der Waals surface area contributed by atoms with Crippen molar-refractivity contribution in [2.75, 3.05) is 13.2 Å². The summed E-state index contributed by atoms with van der Waals surface area (Å²) >= 11 is 3.49. The van der Waals surface area contributed by atoms with Gasteiger partial charge in [0.15, 0.2) is 11.6 Å². The second kappa shape index (κ2) is 15.9. The molecule has 1 amide bonds. The number of aliphatic hydroxyl groups excluding tert-OH is 1. The topological polar surface area (TPSA) is 92.2 Å². The Balaban J connectivity index is 1.35. The number of aliphatic hydroxyl groups is 1. The molecule has 1 aliphatic rings. The fourth-order valence-corrected chi connectivity index (χ4v) is 6.09. The summed E-state index contributed by atoms with van der Waals surface area (Å²) in [7, 11) is 0. The van der Waals surface area contributed by atoms with Crippen LogP contribution < -0.4 is 15.6 Å². The number of carbonyl (C=O) groups is 1. The molecule has 0 unspecified atom stereocenters. The number of carbonyl (C=O) groups excluding carboxylic acids is 1. The number of nitrogens with one attached hydrogen (secondary N) is 2. The average Bonchev–Trinajstić information content (AvgIpc) is 3.53. The summed E-state index contributed by atoms with van der Waals surface area (Å²) in [6.07, 6.45) is -4.62. The van der Waals surface area contributed by atoms with E-state index in [2.05, 4.69) is 26.8 Å². The number of rotatable bonds is 13. The average molecular weight is 759 g/mol. The van der Waals surface area contributed by atoms with Gasteiger partial charge in [0.25, 0.3) is 5.91 Å².